The van der Waals surface area contributed by atoms with Crippen LogP contribution in [0.5, 0.6) is 5.75 Å². The molecule has 1 aliphatic rings. The summed E-state index contributed by atoms with van der Waals surface area (Å²) < 4.78 is 6.30. The minimum absolute atomic E-state index is 0. The molecule has 1 N–H and O–H groups in total. The summed E-state index contributed by atoms with van der Waals surface area (Å²) in [4.78, 5) is 12.8. The van der Waals surface area contributed by atoms with Crippen LogP contribution in [-0.2, 0) is 13.0 Å². The molecule has 0 radical (unpaired) electrons. The maximum atomic E-state index is 12.8. The number of hydrogen-bond acceptors (Lipinski definition) is 2. The molecule has 180 valence electrons. The number of quaternary nitrogens is 1. The van der Waals surface area contributed by atoms with Gasteiger partial charge in [0, 0.05) is 23.2 Å². The number of likely N-dealkylation sites (tertiary alicyclic amines) is 1. The first kappa shape index (κ1) is 26.0. The summed E-state index contributed by atoms with van der Waals surface area (Å²) in [5.74, 6) is 0.656. The molecule has 4 rings (SSSR count). The fourth-order valence-electron chi connectivity index (χ4n) is 5.13. The minimum atomic E-state index is -0.0903. The molecule has 0 aliphatic carbocycles. The van der Waals surface area contributed by atoms with Crippen LogP contribution < -0.4 is 27.0 Å². The molecule has 2 unspecified atom stereocenters. The van der Waals surface area contributed by atoms with E-state index < -0.39 is 0 Å². The molecule has 0 spiro atoms. The van der Waals surface area contributed by atoms with Crippen LogP contribution in [0.3, 0.4) is 0 Å². The van der Waals surface area contributed by atoms with Gasteiger partial charge in [0.2, 0.25) is 0 Å². The predicted octanol–water partition coefficient (Wildman–Crippen LogP) is 3.08. The van der Waals surface area contributed by atoms with Crippen LogP contribution in [0.1, 0.15) is 47.2 Å². The van der Waals surface area contributed by atoms with Crippen LogP contribution in [0, 0.1) is 0 Å². The van der Waals surface area contributed by atoms with Crippen molar-refractivity contribution in [1.82, 2.24) is 0 Å². The fraction of sp³-hybridized carbons (Fsp3) is 0.345. The Morgan fingerprint density at radius 1 is 0.971 bits per heavy atom. The van der Waals surface area contributed by atoms with Crippen LogP contribution in [0.25, 0.3) is 0 Å². The lowest BCUT2D eigenvalue weighted by atomic mass is 9.92. The largest absolute Gasteiger partial charge is 1.00 e. The third-order valence-corrected chi connectivity index (χ3v) is 7.09. The van der Waals surface area contributed by atoms with Gasteiger partial charge in [0.25, 0.3) is 5.91 Å². The van der Waals surface area contributed by atoms with E-state index in [0.717, 1.165) is 35.3 Å². The van der Waals surface area contributed by atoms with Gasteiger partial charge in [-0.1, -0.05) is 48.5 Å². The molecule has 0 bridgehead atoms. The van der Waals surface area contributed by atoms with Crippen molar-refractivity contribution in [1.29, 1.82) is 0 Å². The highest BCUT2D eigenvalue weighted by Gasteiger charge is 2.35. The predicted molar refractivity (Wildman–Crippen MR) is 135 cm³/mol. The molecule has 2 atom stereocenters. The first-order valence-corrected chi connectivity index (χ1v) is 12.0. The molecule has 0 aromatic heterocycles. The van der Waals surface area contributed by atoms with Gasteiger partial charge in [-0.25, -0.2) is 0 Å². The summed E-state index contributed by atoms with van der Waals surface area (Å²) in [5, 5.41) is 3.13. The van der Waals surface area contributed by atoms with Crippen LogP contribution >= 0.6 is 0 Å². The number of carbonyl (C=O) groups is 1. The van der Waals surface area contributed by atoms with Crippen LogP contribution in [0.4, 0.5) is 5.69 Å². The molecule has 3 aromatic rings. The van der Waals surface area contributed by atoms with E-state index >= 15 is 0 Å². The molecule has 1 fully saturated rings. The monoisotopic (exact) mass is 522 g/mol. The van der Waals surface area contributed by atoms with Crippen molar-refractivity contribution < 1.29 is 31.0 Å². The number of methoxy groups -OCH3 is 1. The molecule has 1 saturated heterocycles. The van der Waals surface area contributed by atoms with Crippen LogP contribution in [0.2, 0.25) is 0 Å². The van der Waals surface area contributed by atoms with Crippen molar-refractivity contribution >= 4 is 11.6 Å². The zero-order valence-corrected chi connectivity index (χ0v) is 21.8. The van der Waals surface area contributed by atoms with Gasteiger partial charge < -0.3 is 31.5 Å². The van der Waals surface area contributed by atoms with Crippen molar-refractivity contribution in [2.45, 2.75) is 44.7 Å². The number of ether oxygens (including phenoxy) is 1. The standard InChI is InChI=1S/C29H34N2O2.BrH/c1-31(22-23-10-4-3-5-11-23)21-9-8-13-26(31)18-15-24-12-6-7-14-28(24)30-29(32)25-16-19-27(33-2)20-17-25;/h3-7,10-12,14,16-17,19-20,26H,8-9,13,15,18,21-22H2,1-2H3;1H. The second kappa shape index (κ2) is 12.2. The molecule has 1 amide bonds. The summed E-state index contributed by atoms with van der Waals surface area (Å²) in [6, 6.07) is 26.9. The number of benzene rings is 3. The van der Waals surface area contributed by atoms with Gasteiger partial charge in [-0.2, -0.15) is 0 Å². The summed E-state index contributed by atoms with van der Waals surface area (Å²) in [6.07, 6.45) is 5.96. The number of carbonyl (C=O) groups excluding carboxylic acids is 1. The van der Waals surface area contributed by atoms with Gasteiger partial charge >= 0.3 is 0 Å². The average Bonchev–Trinajstić information content (AvgIpc) is 2.85. The van der Waals surface area contributed by atoms with Crippen molar-refractivity contribution in [2.24, 2.45) is 0 Å². The van der Waals surface area contributed by atoms with E-state index in [9.17, 15) is 4.79 Å². The first-order chi connectivity index (χ1) is 16.1. The third kappa shape index (κ3) is 6.49. The number of rotatable bonds is 8. The number of anilines is 1. The molecule has 4 nitrogen and oxygen atoms in total. The number of amides is 1. The number of nitrogens with zero attached hydrogens (tertiary/aromatic N) is 1. The average molecular weight is 524 g/mol. The van der Waals surface area contributed by atoms with Gasteiger partial charge in [-0.05, 0) is 61.6 Å². The minimum Gasteiger partial charge on any atom is -1.00 e. The number of nitrogens with one attached hydrogen (secondary N) is 1. The van der Waals surface area contributed by atoms with E-state index in [0.29, 0.717) is 11.6 Å². The Bertz CT molecular complexity index is 1060. The van der Waals surface area contributed by atoms with Crippen LogP contribution in [-0.4, -0.2) is 37.1 Å². The Labute approximate surface area is 214 Å². The molecule has 34 heavy (non-hydrogen) atoms. The van der Waals surface area contributed by atoms with Gasteiger partial charge in [0.1, 0.15) is 12.3 Å². The topological polar surface area (TPSA) is 38.3 Å². The van der Waals surface area contributed by atoms with Gasteiger partial charge in [-0.3, -0.25) is 4.79 Å². The number of para-hydroxylation sites is 1. The van der Waals surface area contributed by atoms with E-state index in [-0.39, 0.29) is 22.9 Å². The van der Waals surface area contributed by atoms with Crippen molar-refractivity contribution in [2.75, 3.05) is 26.0 Å². The Morgan fingerprint density at radius 3 is 2.41 bits per heavy atom. The normalized spacial score (nSPS) is 19.6. The van der Waals surface area contributed by atoms with Gasteiger partial charge in [0.15, 0.2) is 0 Å². The van der Waals surface area contributed by atoms with E-state index in [1.54, 1.807) is 19.2 Å². The maximum Gasteiger partial charge on any atom is 0.255 e. The molecular weight excluding hydrogens is 488 g/mol. The quantitative estimate of drug-likeness (QED) is 0.461. The lowest BCUT2D eigenvalue weighted by Gasteiger charge is -2.45. The second-order valence-corrected chi connectivity index (χ2v) is 9.37. The van der Waals surface area contributed by atoms with E-state index in [4.69, 9.17) is 4.74 Å². The van der Waals surface area contributed by atoms with Gasteiger partial charge in [-0.15, -0.1) is 0 Å². The van der Waals surface area contributed by atoms with Gasteiger partial charge in [0.05, 0.1) is 26.7 Å². The summed E-state index contributed by atoms with van der Waals surface area (Å²) in [7, 11) is 4.05. The summed E-state index contributed by atoms with van der Waals surface area (Å²) in [5.41, 5.74) is 4.16. The highest BCUT2D eigenvalue weighted by molar-refractivity contribution is 6.04. The SMILES string of the molecule is COc1ccc(C(=O)Nc2ccccc2CCC2CCCC[N+]2(C)Cc2ccccc2)cc1.[Br-]. The maximum absolute atomic E-state index is 12.8. The molecule has 3 aromatic carbocycles. The number of halogens is 1. The lowest BCUT2D eigenvalue weighted by molar-refractivity contribution is -0.951. The van der Waals surface area contributed by atoms with E-state index in [1.165, 1.54) is 36.9 Å². The summed E-state index contributed by atoms with van der Waals surface area (Å²) >= 11 is 0. The van der Waals surface area contributed by atoms with E-state index in [2.05, 4.69) is 54.8 Å². The highest BCUT2D eigenvalue weighted by Crippen LogP contribution is 2.31. The zero-order valence-electron chi connectivity index (χ0n) is 20.2. The second-order valence-electron chi connectivity index (χ2n) is 9.37. The van der Waals surface area contributed by atoms with E-state index in [1.807, 2.05) is 24.3 Å². The molecule has 1 heterocycles. The van der Waals surface area contributed by atoms with Crippen molar-refractivity contribution in [3.05, 3.63) is 95.6 Å². The van der Waals surface area contributed by atoms with Crippen molar-refractivity contribution in [3.63, 3.8) is 0 Å². The smallest absolute Gasteiger partial charge is 0.255 e. The first-order valence-electron chi connectivity index (χ1n) is 12.0. The Kier molecular flexibility index (Phi) is 9.31. The molecular formula is C29H35BrN2O2. The Balaban J connectivity index is 0.00000324. The number of aryl methyl sites for hydroxylation is 1. The summed E-state index contributed by atoms with van der Waals surface area (Å²) in [6.45, 7) is 2.32. The zero-order chi connectivity index (χ0) is 23.1. The molecule has 0 saturated carbocycles. The molecule has 5 heteroatoms. The highest BCUT2D eigenvalue weighted by atomic mass is 79.9. The van der Waals surface area contributed by atoms with Crippen LogP contribution in [0.15, 0.2) is 78.9 Å². The Hall–Kier alpha value is -2.63. The third-order valence-electron chi connectivity index (χ3n) is 7.09. The van der Waals surface area contributed by atoms with Crippen molar-refractivity contribution in [3.8, 4) is 5.75 Å². The number of piperidine rings is 1. The lowest BCUT2D eigenvalue weighted by Crippen LogP contribution is -3.00. The molecule has 1 aliphatic heterocycles. The fourth-order valence-corrected chi connectivity index (χ4v) is 5.13. The number of hydrogen-bond donors (Lipinski definition) is 1. The Morgan fingerprint density at radius 2 is 1.68 bits per heavy atom.